The Balaban J connectivity index is 0.000000149. The normalized spacial score (nSPS) is 21.6. The van der Waals surface area contributed by atoms with E-state index in [4.69, 9.17) is 13.6 Å². The standard InChI is InChI=1S/C27H27O3P.C21H24O2/c1-25(2)16-27-17-26(3,4)20-13-9-15-22(24(20)27)30-31(28-18-10-6-5-7-11-18)29-21-14-8-12-19(25)23(21)27;1-19(2)11-21(17-13(19)7-5-9-15(17)22)12-20(3,4)14-8-6-10-16(23)18(14)21/h5-15H,16-17H2,1-4H3;5-10,22-23H,11-12H2,1-4H3. The van der Waals surface area contributed by atoms with E-state index in [-0.39, 0.29) is 32.5 Å². The number of phenolic OH excluding ortho intramolecular Hbond substituents is 2. The molecule has 0 bridgehead atoms. The lowest BCUT2D eigenvalue weighted by atomic mass is 9.72. The Kier molecular flexibility index (Phi) is 7.52. The topological polar surface area (TPSA) is 68.2 Å². The molecular formula is C48H51O5P. The SMILES string of the molecule is CC1(C)CC2(CC(C)(C)c3cccc(O)c32)c2c(O)cccc21.CC1(C)CC23CC(C)(C)c4cccc(c42)OP(Oc2ccccc2)Oc2cccc1c23. The quantitative estimate of drug-likeness (QED) is 0.177. The number of hydrogen-bond donors (Lipinski definition) is 2. The van der Waals surface area contributed by atoms with Gasteiger partial charge in [0.2, 0.25) is 0 Å². The molecule has 4 aliphatic carbocycles. The van der Waals surface area contributed by atoms with Gasteiger partial charge in [0.1, 0.15) is 28.7 Å². The minimum Gasteiger partial charge on any atom is -0.508 e. The van der Waals surface area contributed by atoms with Crippen LogP contribution in [0.2, 0.25) is 0 Å². The first kappa shape index (κ1) is 35.2. The van der Waals surface area contributed by atoms with Crippen molar-refractivity contribution in [2.75, 3.05) is 0 Å². The lowest BCUT2D eigenvalue weighted by molar-refractivity contribution is 0.327. The van der Waals surface area contributed by atoms with Crippen molar-refractivity contribution >= 4 is 8.60 Å². The second-order valence-corrected chi connectivity index (χ2v) is 20.0. The van der Waals surface area contributed by atoms with Gasteiger partial charge in [-0.2, -0.15) is 0 Å². The molecule has 0 amide bonds. The fourth-order valence-corrected chi connectivity index (χ4v) is 12.8. The van der Waals surface area contributed by atoms with Crippen molar-refractivity contribution in [3.63, 3.8) is 0 Å². The number of para-hydroxylation sites is 1. The Morgan fingerprint density at radius 1 is 0.444 bits per heavy atom. The largest absolute Gasteiger partial charge is 0.530 e. The summed E-state index contributed by atoms with van der Waals surface area (Å²) in [5, 5.41) is 21.4. The summed E-state index contributed by atoms with van der Waals surface area (Å²) in [7, 11) is -1.64. The van der Waals surface area contributed by atoms with Crippen molar-refractivity contribution in [2.24, 2.45) is 0 Å². The maximum atomic E-state index is 10.7. The molecule has 0 saturated carbocycles. The molecule has 2 N–H and O–H groups in total. The van der Waals surface area contributed by atoms with E-state index >= 15 is 0 Å². The van der Waals surface area contributed by atoms with Gasteiger partial charge in [-0.05, 0) is 106 Å². The van der Waals surface area contributed by atoms with E-state index in [2.05, 4.69) is 104 Å². The van der Waals surface area contributed by atoms with Crippen LogP contribution in [0.5, 0.6) is 28.7 Å². The number of hydrogen-bond acceptors (Lipinski definition) is 5. The van der Waals surface area contributed by atoms with Gasteiger partial charge in [-0.25, -0.2) is 0 Å². The fourth-order valence-electron chi connectivity index (χ4n) is 11.8. The minimum absolute atomic E-state index is 0.0198. The molecule has 5 aromatic carbocycles. The molecular weight excluding hydrogens is 687 g/mol. The van der Waals surface area contributed by atoms with Crippen molar-refractivity contribution in [1.29, 1.82) is 0 Å². The van der Waals surface area contributed by atoms with Crippen LogP contribution in [0.4, 0.5) is 0 Å². The number of phenols is 2. The molecule has 2 spiro atoms. The molecule has 0 fully saturated rings. The second-order valence-electron chi connectivity index (χ2n) is 19.0. The third-order valence-electron chi connectivity index (χ3n) is 13.2. The Morgan fingerprint density at radius 3 is 1.20 bits per heavy atom. The van der Waals surface area contributed by atoms with Gasteiger partial charge < -0.3 is 23.8 Å². The van der Waals surface area contributed by atoms with Gasteiger partial charge >= 0.3 is 8.60 Å². The van der Waals surface area contributed by atoms with Crippen LogP contribution in [0.15, 0.2) is 103 Å². The Labute approximate surface area is 321 Å². The Bertz CT molecular complexity index is 2180. The predicted molar refractivity (Wildman–Crippen MR) is 216 cm³/mol. The van der Waals surface area contributed by atoms with Crippen molar-refractivity contribution in [3.8, 4) is 28.7 Å². The Morgan fingerprint density at radius 2 is 0.796 bits per heavy atom. The first-order chi connectivity index (χ1) is 25.5. The fraction of sp³-hybridized carbons (Fsp3) is 0.375. The zero-order valence-electron chi connectivity index (χ0n) is 32.7. The molecule has 0 radical (unpaired) electrons. The second kappa shape index (κ2) is 11.5. The summed E-state index contributed by atoms with van der Waals surface area (Å²) in [6.45, 7) is 18.4. The molecule has 1 heterocycles. The molecule has 0 atom stereocenters. The predicted octanol–water partition coefficient (Wildman–Crippen LogP) is 12.2. The summed E-state index contributed by atoms with van der Waals surface area (Å²) in [6, 6.07) is 34.5. The van der Waals surface area contributed by atoms with Crippen LogP contribution in [0.25, 0.3) is 0 Å². The number of rotatable bonds is 2. The van der Waals surface area contributed by atoms with Crippen LogP contribution >= 0.6 is 8.60 Å². The zero-order valence-corrected chi connectivity index (χ0v) is 33.6. The maximum absolute atomic E-state index is 10.7. The van der Waals surface area contributed by atoms with Gasteiger partial charge in [0.25, 0.3) is 0 Å². The lowest BCUT2D eigenvalue weighted by Crippen LogP contribution is -2.28. The molecule has 5 nitrogen and oxygen atoms in total. The highest BCUT2D eigenvalue weighted by Gasteiger charge is 2.60. The van der Waals surface area contributed by atoms with Crippen LogP contribution in [-0.4, -0.2) is 10.2 Å². The van der Waals surface area contributed by atoms with E-state index in [1.165, 1.54) is 33.4 Å². The number of fused-ring (bicyclic) bond motifs is 4. The summed E-state index contributed by atoms with van der Waals surface area (Å²) < 4.78 is 19.3. The van der Waals surface area contributed by atoms with E-state index < -0.39 is 8.60 Å². The third-order valence-corrected chi connectivity index (χ3v) is 14.3. The van der Waals surface area contributed by atoms with Crippen molar-refractivity contribution in [1.82, 2.24) is 0 Å². The van der Waals surface area contributed by atoms with Gasteiger partial charge in [-0.3, -0.25) is 0 Å². The average Bonchev–Trinajstić information content (AvgIpc) is 3.67. The lowest BCUT2D eigenvalue weighted by Gasteiger charge is -2.34. The van der Waals surface area contributed by atoms with E-state index in [0.717, 1.165) is 54.1 Å². The van der Waals surface area contributed by atoms with Gasteiger partial charge in [0.05, 0.1) is 0 Å². The van der Waals surface area contributed by atoms with Crippen molar-refractivity contribution in [3.05, 3.63) is 148 Å². The Hall–Kier alpha value is -4.47. The molecule has 0 unspecified atom stereocenters. The highest BCUT2D eigenvalue weighted by atomic mass is 31.2. The van der Waals surface area contributed by atoms with Gasteiger partial charge in [-0.15, -0.1) is 0 Å². The summed E-state index contributed by atoms with van der Waals surface area (Å²) in [5.41, 5.74) is 9.62. The third kappa shape index (κ3) is 5.00. The zero-order chi connectivity index (χ0) is 38.1. The van der Waals surface area contributed by atoms with E-state index in [9.17, 15) is 10.2 Å². The molecule has 5 aliphatic rings. The summed E-state index contributed by atoms with van der Waals surface area (Å²) in [6.07, 6.45) is 3.95. The molecule has 1 aliphatic heterocycles. The summed E-state index contributed by atoms with van der Waals surface area (Å²) >= 11 is 0. The molecule has 0 saturated heterocycles. The average molecular weight is 739 g/mol. The van der Waals surface area contributed by atoms with Gasteiger partial charge in [0.15, 0.2) is 0 Å². The number of aromatic hydroxyl groups is 2. The first-order valence-corrected chi connectivity index (χ1v) is 20.4. The summed E-state index contributed by atoms with van der Waals surface area (Å²) in [4.78, 5) is 0. The maximum Gasteiger partial charge on any atom is 0.530 e. The van der Waals surface area contributed by atoms with Gasteiger partial charge in [-0.1, -0.05) is 122 Å². The van der Waals surface area contributed by atoms with Crippen molar-refractivity contribution < 1.29 is 23.8 Å². The smallest absolute Gasteiger partial charge is 0.508 e. The van der Waals surface area contributed by atoms with E-state index in [1.54, 1.807) is 12.1 Å². The van der Waals surface area contributed by atoms with E-state index in [1.807, 2.05) is 42.5 Å². The molecule has 10 rings (SSSR count). The van der Waals surface area contributed by atoms with Gasteiger partial charge in [0, 0.05) is 33.1 Å². The first-order valence-electron chi connectivity index (χ1n) is 19.3. The molecule has 54 heavy (non-hydrogen) atoms. The highest BCUT2D eigenvalue weighted by molar-refractivity contribution is 7.43. The minimum atomic E-state index is -1.64. The molecule has 0 aromatic heterocycles. The van der Waals surface area contributed by atoms with Crippen LogP contribution in [0.3, 0.4) is 0 Å². The van der Waals surface area contributed by atoms with Crippen LogP contribution in [0.1, 0.15) is 126 Å². The highest BCUT2D eigenvalue weighted by Crippen LogP contribution is 2.69. The molecule has 6 heteroatoms. The van der Waals surface area contributed by atoms with Crippen LogP contribution in [-0.2, 0) is 32.5 Å². The number of benzene rings is 5. The van der Waals surface area contributed by atoms with E-state index in [0.29, 0.717) is 11.5 Å². The van der Waals surface area contributed by atoms with Crippen LogP contribution in [0, 0.1) is 0 Å². The summed E-state index contributed by atoms with van der Waals surface area (Å²) in [5.74, 6) is 3.28. The monoisotopic (exact) mass is 738 g/mol. The molecule has 5 aromatic rings. The van der Waals surface area contributed by atoms with Crippen LogP contribution < -0.4 is 13.6 Å². The van der Waals surface area contributed by atoms with Crippen molar-refractivity contribution in [2.45, 2.75) is 114 Å². The molecule has 278 valence electrons.